The molecule has 7 heteroatoms. The van der Waals surface area contributed by atoms with Crippen LogP contribution in [-0.2, 0) is 7.05 Å². The first-order valence-corrected chi connectivity index (χ1v) is 10.2. The lowest BCUT2D eigenvalue weighted by Gasteiger charge is -2.37. The Morgan fingerprint density at radius 1 is 1.00 bits per heavy atom. The minimum atomic E-state index is -0.102. The summed E-state index contributed by atoms with van der Waals surface area (Å²) in [4.78, 5) is 17.8. The summed E-state index contributed by atoms with van der Waals surface area (Å²) in [5.74, 6) is 1.68. The van der Waals surface area contributed by atoms with E-state index in [4.69, 9.17) is 9.47 Å². The van der Waals surface area contributed by atoms with Gasteiger partial charge < -0.3 is 19.3 Å². The molecule has 0 spiro atoms. The first-order valence-electron chi connectivity index (χ1n) is 10.2. The van der Waals surface area contributed by atoms with Gasteiger partial charge in [0.25, 0.3) is 5.91 Å². The number of para-hydroxylation sites is 2. The van der Waals surface area contributed by atoms with Gasteiger partial charge in [0.05, 0.1) is 24.7 Å². The van der Waals surface area contributed by atoms with Crippen LogP contribution in [-0.4, -0.2) is 41.9 Å². The van der Waals surface area contributed by atoms with E-state index in [1.807, 2.05) is 47.4 Å². The molecule has 0 bridgehead atoms. The van der Waals surface area contributed by atoms with Gasteiger partial charge in [-0.3, -0.25) is 4.79 Å². The van der Waals surface area contributed by atoms with Crippen molar-refractivity contribution in [3.63, 3.8) is 0 Å². The number of hydrogen-bond acceptors (Lipinski definition) is 5. The number of carbonyl (C=O) groups is 1. The summed E-state index contributed by atoms with van der Waals surface area (Å²) in [5.41, 5.74) is 2.52. The van der Waals surface area contributed by atoms with Crippen molar-refractivity contribution in [3.05, 3.63) is 60.3 Å². The van der Waals surface area contributed by atoms with Crippen LogP contribution in [0.5, 0.6) is 17.4 Å². The topological polar surface area (TPSA) is 59.8 Å². The SMILES string of the molecule is COc1ccc(Oc2c(C(=O)N3CCN(C4CC4)c4ccccc43)cnn2C)cc1. The number of aryl methyl sites for hydroxylation is 1. The van der Waals surface area contributed by atoms with Crippen molar-refractivity contribution < 1.29 is 14.3 Å². The van der Waals surface area contributed by atoms with Crippen LogP contribution in [0.1, 0.15) is 23.2 Å². The fourth-order valence-corrected chi connectivity index (χ4v) is 3.96. The number of fused-ring (bicyclic) bond motifs is 1. The average molecular weight is 404 g/mol. The molecule has 1 aromatic heterocycles. The molecule has 1 amide bonds. The van der Waals surface area contributed by atoms with Crippen LogP contribution in [0.15, 0.2) is 54.7 Å². The van der Waals surface area contributed by atoms with Crippen molar-refractivity contribution in [1.29, 1.82) is 0 Å². The maximum atomic E-state index is 13.5. The van der Waals surface area contributed by atoms with Gasteiger partial charge in [-0.25, -0.2) is 4.68 Å². The van der Waals surface area contributed by atoms with Gasteiger partial charge in [-0.1, -0.05) is 12.1 Å². The zero-order valence-corrected chi connectivity index (χ0v) is 17.1. The van der Waals surface area contributed by atoms with Crippen molar-refractivity contribution in [2.75, 3.05) is 30.0 Å². The molecule has 1 saturated carbocycles. The van der Waals surface area contributed by atoms with Crippen molar-refractivity contribution in [2.45, 2.75) is 18.9 Å². The van der Waals surface area contributed by atoms with Crippen LogP contribution in [0.25, 0.3) is 0 Å². The summed E-state index contributed by atoms with van der Waals surface area (Å²) in [5, 5.41) is 4.28. The number of amides is 1. The van der Waals surface area contributed by atoms with Gasteiger partial charge >= 0.3 is 0 Å². The summed E-state index contributed by atoms with van der Waals surface area (Å²) < 4.78 is 12.8. The molecule has 0 radical (unpaired) electrons. The molecule has 7 nitrogen and oxygen atoms in total. The fraction of sp³-hybridized carbons (Fsp3) is 0.304. The van der Waals surface area contributed by atoms with Crippen LogP contribution in [0.4, 0.5) is 11.4 Å². The molecule has 1 aliphatic carbocycles. The van der Waals surface area contributed by atoms with Crippen LogP contribution in [0, 0.1) is 0 Å². The number of methoxy groups -OCH3 is 1. The smallest absolute Gasteiger partial charge is 0.265 e. The van der Waals surface area contributed by atoms with Gasteiger partial charge in [0.1, 0.15) is 17.1 Å². The van der Waals surface area contributed by atoms with Gasteiger partial charge in [-0.2, -0.15) is 5.10 Å². The molecule has 3 aromatic rings. The highest BCUT2D eigenvalue weighted by molar-refractivity contribution is 6.09. The predicted molar refractivity (Wildman–Crippen MR) is 115 cm³/mol. The van der Waals surface area contributed by atoms with Crippen molar-refractivity contribution in [1.82, 2.24) is 9.78 Å². The number of benzene rings is 2. The molecule has 1 fully saturated rings. The second-order valence-electron chi connectivity index (χ2n) is 7.63. The quantitative estimate of drug-likeness (QED) is 0.646. The molecule has 2 aromatic carbocycles. The third-order valence-corrected chi connectivity index (χ3v) is 5.67. The third kappa shape index (κ3) is 3.26. The van der Waals surface area contributed by atoms with E-state index in [0.29, 0.717) is 29.8 Å². The Kier molecular flexibility index (Phi) is 4.58. The number of carbonyl (C=O) groups excluding carboxylic acids is 1. The molecule has 0 N–H and O–H groups in total. The van der Waals surface area contributed by atoms with E-state index in [0.717, 1.165) is 23.7 Å². The first-order chi connectivity index (χ1) is 14.7. The van der Waals surface area contributed by atoms with E-state index in [-0.39, 0.29) is 5.91 Å². The lowest BCUT2D eigenvalue weighted by atomic mass is 10.1. The molecule has 0 atom stereocenters. The predicted octanol–water partition coefficient (Wildman–Crippen LogP) is 3.85. The second-order valence-corrected chi connectivity index (χ2v) is 7.63. The minimum absolute atomic E-state index is 0.102. The van der Waals surface area contributed by atoms with E-state index in [9.17, 15) is 4.79 Å². The van der Waals surface area contributed by atoms with E-state index in [1.54, 1.807) is 25.0 Å². The van der Waals surface area contributed by atoms with Crippen LogP contribution >= 0.6 is 0 Å². The first kappa shape index (κ1) is 18.5. The van der Waals surface area contributed by atoms with Gasteiger partial charge in [0.2, 0.25) is 5.88 Å². The van der Waals surface area contributed by atoms with Gasteiger partial charge in [-0.15, -0.1) is 0 Å². The Labute approximate surface area is 175 Å². The highest BCUT2D eigenvalue weighted by Gasteiger charge is 2.36. The molecule has 0 saturated heterocycles. The zero-order chi connectivity index (χ0) is 20.7. The molecule has 2 heterocycles. The second kappa shape index (κ2) is 7.40. The van der Waals surface area contributed by atoms with Crippen molar-refractivity contribution >= 4 is 17.3 Å². The van der Waals surface area contributed by atoms with Crippen molar-refractivity contribution in [2.24, 2.45) is 7.05 Å². The van der Waals surface area contributed by atoms with Crippen molar-refractivity contribution in [3.8, 4) is 17.4 Å². The lowest BCUT2D eigenvalue weighted by Crippen LogP contribution is -2.45. The number of rotatable bonds is 5. The maximum absolute atomic E-state index is 13.5. The molecule has 30 heavy (non-hydrogen) atoms. The number of ether oxygens (including phenoxy) is 2. The maximum Gasteiger partial charge on any atom is 0.265 e. The Hall–Kier alpha value is -3.48. The number of aromatic nitrogens is 2. The summed E-state index contributed by atoms with van der Waals surface area (Å²) in [6, 6.07) is 16.0. The highest BCUT2D eigenvalue weighted by Crippen LogP contribution is 2.40. The van der Waals surface area contributed by atoms with E-state index >= 15 is 0 Å². The zero-order valence-electron chi connectivity index (χ0n) is 17.1. The Morgan fingerprint density at radius 3 is 2.40 bits per heavy atom. The Morgan fingerprint density at radius 2 is 1.70 bits per heavy atom. The standard InChI is InChI=1S/C23H24N4O3/c1-25-23(30-18-11-9-17(29-2)10-12-18)19(15-24-25)22(28)27-14-13-26(16-7-8-16)20-5-3-4-6-21(20)27/h3-6,9-12,15-16H,7-8,13-14H2,1-2H3. The van der Waals surface area contributed by atoms with Crippen LogP contribution in [0.2, 0.25) is 0 Å². The summed E-state index contributed by atoms with van der Waals surface area (Å²) >= 11 is 0. The lowest BCUT2D eigenvalue weighted by molar-refractivity contribution is 0.0984. The van der Waals surface area contributed by atoms with Gasteiger partial charge in [0, 0.05) is 26.2 Å². The molecule has 5 rings (SSSR count). The number of nitrogens with zero attached hydrogens (tertiary/aromatic N) is 4. The van der Waals surface area contributed by atoms with E-state index in [1.165, 1.54) is 12.8 Å². The Bertz CT molecular complexity index is 1070. The van der Waals surface area contributed by atoms with Crippen LogP contribution in [0.3, 0.4) is 0 Å². The highest BCUT2D eigenvalue weighted by atomic mass is 16.5. The van der Waals surface area contributed by atoms with Gasteiger partial charge in [0.15, 0.2) is 0 Å². The molecule has 0 unspecified atom stereocenters. The molecule has 154 valence electrons. The summed E-state index contributed by atoms with van der Waals surface area (Å²) in [6.45, 7) is 1.48. The fourth-order valence-electron chi connectivity index (χ4n) is 3.96. The van der Waals surface area contributed by atoms with Gasteiger partial charge in [-0.05, 0) is 49.2 Å². The third-order valence-electron chi connectivity index (χ3n) is 5.67. The molecule has 1 aliphatic heterocycles. The molecule has 2 aliphatic rings. The van der Waals surface area contributed by atoms with Crippen LogP contribution < -0.4 is 19.3 Å². The largest absolute Gasteiger partial charge is 0.497 e. The number of anilines is 2. The average Bonchev–Trinajstić information content (AvgIpc) is 3.57. The minimum Gasteiger partial charge on any atom is -0.497 e. The normalized spacial score (nSPS) is 15.7. The molecular formula is C23H24N4O3. The van der Waals surface area contributed by atoms with E-state index < -0.39 is 0 Å². The van der Waals surface area contributed by atoms with E-state index in [2.05, 4.69) is 16.1 Å². The summed E-state index contributed by atoms with van der Waals surface area (Å²) in [7, 11) is 3.39. The Balaban J connectivity index is 1.44. The monoisotopic (exact) mass is 404 g/mol. The molecular weight excluding hydrogens is 380 g/mol. The summed E-state index contributed by atoms with van der Waals surface area (Å²) in [6.07, 6.45) is 4.03. The number of hydrogen-bond donors (Lipinski definition) is 0.